The predicted octanol–water partition coefficient (Wildman–Crippen LogP) is 0.814. The van der Waals surface area contributed by atoms with E-state index in [1.807, 2.05) is 13.8 Å². The maximum atomic E-state index is 10.3. The molecule has 0 bridgehead atoms. The molecular weight excluding hydrogens is 162 g/mol. The Morgan fingerprint density at radius 3 is 2.36 bits per heavy atom. The molecule has 0 radical (unpaired) electrons. The Hall–Kier alpha value is -0.480. The van der Waals surface area contributed by atoms with E-state index in [4.69, 9.17) is 23.1 Å². The van der Waals surface area contributed by atoms with E-state index < -0.39 is 12.0 Å². The molecule has 0 fully saturated rings. The molecule has 0 saturated heterocycles. The molecule has 0 aromatic heterocycles. The van der Waals surface area contributed by atoms with Crippen molar-refractivity contribution in [1.82, 2.24) is 0 Å². The second kappa shape index (κ2) is 4.41. The molecule has 1 unspecified atom stereocenters. The maximum Gasteiger partial charge on any atom is 0.325 e. The van der Waals surface area contributed by atoms with Gasteiger partial charge >= 0.3 is 5.97 Å². The molecule has 0 aliphatic heterocycles. The molecular formula is C7H13NO2S. The third-order valence-corrected chi connectivity index (χ3v) is 1.64. The molecule has 0 rings (SSSR count). The van der Waals surface area contributed by atoms with Crippen LogP contribution in [0.1, 0.15) is 20.3 Å². The fourth-order valence-corrected chi connectivity index (χ4v) is 1.10. The molecule has 0 aromatic carbocycles. The quantitative estimate of drug-likeness (QED) is 0.621. The summed E-state index contributed by atoms with van der Waals surface area (Å²) in [5.41, 5.74) is 5.27. The Morgan fingerprint density at radius 2 is 2.09 bits per heavy atom. The SMILES string of the molecule is CC(C)CC(=S)C(N)C(=O)O. The van der Waals surface area contributed by atoms with Gasteiger partial charge in [0.05, 0.1) is 0 Å². The number of hydrogen-bond acceptors (Lipinski definition) is 3. The molecule has 0 saturated carbocycles. The van der Waals surface area contributed by atoms with E-state index in [0.29, 0.717) is 17.2 Å². The van der Waals surface area contributed by atoms with E-state index in [0.717, 1.165) is 0 Å². The van der Waals surface area contributed by atoms with Crippen LogP contribution in [0.15, 0.2) is 0 Å². The number of carboxylic acid groups (broad SMARTS) is 1. The van der Waals surface area contributed by atoms with E-state index in [1.165, 1.54) is 0 Å². The summed E-state index contributed by atoms with van der Waals surface area (Å²) < 4.78 is 0. The van der Waals surface area contributed by atoms with Crippen LogP contribution in [0.5, 0.6) is 0 Å². The number of thiocarbonyl (C=S) groups is 1. The second-order valence-electron chi connectivity index (χ2n) is 2.88. The molecule has 0 spiro atoms. The van der Waals surface area contributed by atoms with Crippen molar-refractivity contribution in [3.05, 3.63) is 0 Å². The smallest absolute Gasteiger partial charge is 0.325 e. The first kappa shape index (κ1) is 10.5. The van der Waals surface area contributed by atoms with Gasteiger partial charge in [0, 0.05) is 4.86 Å². The van der Waals surface area contributed by atoms with Crippen molar-refractivity contribution < 1.29 is 9.90 Å². The number of carboxylic acids is 1. The highest BCUT2D eigenvalue weighted by molar-refractivity contribution is 7.80. The second-order valence-corrected chi connectivity index (χ2v) is 3.40. The summed E-state index contributed by atoms with van der Waals surface area (Å²) in [7, 11) is 0. The van der Waals surface area contributed by atoms with Gasteiger partial charge < -0.3 is 10.8 Å². The molecule has 0 aliphatic rings. The van der Waals surface area contributed by atoms with Crippen LogP contribution in [0.4, 0.5) is 0 Å². The summed E-state index contributed by atoms with van der Waals surface area (Å²) in [6.07, 6.45) is 0.600. The number of nitrogens with two attached hydrogens (primary N) is 1. The van der Waals surface area contributed by atoms with Crippen LogP contribution in [-0.2, 0) is 4.79 Å². The van der Waals surface area contributed by atoms with Crippen LogP contribution in [0.2, 0.25) is 0 Å². The van der Waals surface area contributed by atoms with Crippen LogP contribution < -0.4 is 5.73 Å². The topological polar surface area (TPSA) is 63.3 Å². The van der Waals surface area contributed by atoms with Crippen molar-refractivity contribution in [2.45, 2.75) is 26.3 Å². The number of aliphatic carboxylic acids is 1. The summed E-state index contributed by atoms with van der Waals surface area (Å²) >= 11 is 4.82. The fourth-order valence-electron chi connectivity index (χ4n) is 0.667. The molecule has 64 valence electrons. The lowest BCUT2D eigenvalue weighted by molar-refractivity contribution is -0.136. The zero-order valence-corrected chi connectivity index (χ0v) is 7.52. The van der Waals surface area contributed by atoms with Crippen molar-refractivity contribution in [3.63, 3.8) is 0 Å². The Morgan fingerprint density at radius 1 is 1.64 bits per heavy atom. The number of rotatable bonds is 4. The monoisotopic (exact) mass is 175 g/mol. The van der Waals surface area contributed by atoms with Gasteiger partial charge in [0.25, 0.3) is 0 Å². The average Bonchev–Trinajstić information content (AvgIpc) is 1.84. The van der Waals surface area contributed by atoms with Gasteiger partial charge in [-0.1, -0.05) is 26.1 Å². The van der Waals surface area contributed by atoms with Gasteiger partial charge in [0.2, 0.25) is 0 Å². The first-order valence-electron chi connectivity index (χ1n) is 3.46. The molecule has 3 N–H and O–H groups in total. The Kier molecular flexibility index (Phi) is 4.22. The summed E-state index contributed by atoms with van der Waals surface area (Å²) in [6, 6.07) is -0.979. The van der Waals surface area contributed by atoms with E-state index in [-0.39, 0.29) is 0 Å². The Bertz CT molecular complexity index is 168. The van der Waals surface area contributed by atoms with E-state index in [1.54, 1.807) is 0 Å². The Balaban J connectivity index is 3.93. The molecule has 0 amide bonds. The number of hydrogen-bond donors (Lipinski definition) is 2. The third kappa shape index (κ3) is 4.06. The summed E-state index contributed by atoms with van der Waals surface area (Å²) in [4.78, 5) is 10.7. The molecule has 11 heavy (non-hydrogen) atoms. The lowest BCUT2D eigenvalue weighted by atomic mass is 10.0. The van der Waals surface area contributed by atoms with Gasteiger partial charge in [0.1, 0.15) is 6.04 Å². The first-order chi connectivity index (χ1) is 4.95. The highest BCUT2D eigenvalue weighted by atomic mass is 32.1. The first-order valence-corrected chi connectivity index (χ1v) is 3.87. The zero-order chi connectivity index (χ0) is 9.02. The van der Waals surface area contributed by atoms with Crippen LogP contribution in [0.25, 0.3) is 0 Å². The van der Waals surface area contributed by atoms with Gasteiger partial charge in [0.15, 0.2) is 0 Å². The lowest BCUT2D eigenvalue weighted by Gasteiger charge is -2.09. The van der Waals surface area contributed by atoms with Crippen molar-refractivity contribution in [2.75, 3.05) is 0 Å². The predicted molar refractivity (Wildman–Crippen MR) is 47.7 cm³/mol. The molecule has 0 heterocycles. The normalized spacial score (nSPS) is 13.1. The standard InChI is InChI=1S/C7H13NO2S/c1-4(2)3-5(11)6(8)7(9)10/h4,6H,3,8H2,1-2H3,(H,9,10). The third-order valence-electron chi connectivity index (χ3n) is 1.22. The minimum atomic E-state index is -1.05. The highest BCUT2D eigenvalue weighted by Crippen LogP contribution is 2.03. The zero-order valence-electron chi connectivity index (χ0n) is 6.70. The van der Waals surface area contributed by atoms with Crippen LogP contribution >= 0.6 is 12.2 Å². The summed E-state index contributed by atoms with van der Waals surface area (Å²) in [6.45, 7) is 3.95. The maximum absolute atomic E-state index is 10.3. The number of carbonyl (C=O) groups is 1. The van der Waals surface area contributed by atoms with Crippen LogP contribution in [0, 0.1) is 5.92 Å². The molecule has 0 aliphatic carbocycles. The average molecular weight is 175 g/mol. The lowest BCUT2D eigenvalue weighted by Crippen LogP contribution is -2.37. The largest absolute Gasteiger partial charge is 0.480 e. The minimum Gasteiger partial charge on any atom is -0.480 e. The van der Waals surface area contributed by atoms with Crippen molar-refractivity contribution in [2.24, 2.45) is 11.7 Å². The van der Waals surface area contributed by atoms with Crippen molar-refractivity contribution >= 4 is 23.1 Å². The van der Waals surface area contributed by atoms with E-state index >= 15 is 0 Å². The Labute approximate surface area is 71.6 Å². The van der Waals surface area contributed by atoms with Gasteiger partial charge in [-0.05, 0) is 12.3 Å². The molecule has 1 atom stereocenters. The van der Waals surface area contributed by atoms with Crippen LogP contribution in [0.3, 0.4) is 0 Å². The fraction of sp³-hybridized carbons (Fsp3) is 0.714. The highest BCUT2D eigenvalue weighted by Gasteiger charge is 2.17. The molecule has 4 heteroatoms. The van der Waals surface area contributed by atoms with E-state index in [2.05, 4.69) is 0 Å². The summed E-state index contributed by atoms with van der Waals surface area (Å²) in [5.74, 6) is -0.677. The minimum absolute atomic E-state index is 0.368. The van der Waals surface area contributed by atoms with Crippen LogP contribution in [-0.4, -0.2) is 22.0 Å². The summed E-state index contributed by atoms with van der Waals surface area (Å²) in [5, 5.41) is 8.45. The van der Waals surface area contributed by atoms with Gasteiger partial charge in [-0.2, -0.15) is 0 Å². The van der Waals surface area contributed by atoms with E-state index in [9.17, 15) is 4.79 Å². The molecule has 0 aromatic rings. The van der Waals surface area contributed by atoms with Gasteiger partial charge in [-0.25, -0.2) is 0 Å². The van der Waals surface area contributed by atoms with Gasteiger partial charge in [-0.15, -0.1) is 0 Å². The molecule has 3 nitrogen and oxygen atoms in total. The van der Waals surface area contributed by atoms with Gasteiger partial charge in [-0.3, -0.25) is 4.79 Å². The van der Waals surface area contributed by atoms with Crippen molar-refractivity contribution in [1.29, 1.82) is 0 Å². The van der Waals surface area contributed by atoms with Crippen molar-refractivity contribution in [3.8, 4) is 0 Å².